The predicted molar refractivity (Wildman–Crippen MR) is 179 cm³/mol. The number of carbonyl (C=O) groups is 2. The van der Waals surface area contributed by atoms with E-state index < -0.39 is 21.6 Å². The van der Waals surface area contributed by atoms with E-state index in [2.05, 4.69) is 20.6 Å². The van der Waals surface area contributed by atoms with Gasteiger partial charge >= 0.3 is 0 Å². The number of nitrogens with zero attached hydrogens (tertiary/aromatic N) is 2. The number of aliphatic hydroxyl groups is 2. The van der Waals surface area contributed by atoms with Crippen molar-refractivity contribution in [1.82, 2.24) is 10.6 Å². The molecule has 0 bridgehead atoms. The second-order valence-electron chi connectivity index (χ2n) is 5.77. The van der Waals surface area contributed by atoms with Gasteiger partial charge < -0.3 is 20.8 Å². The summed E-state index contributed by atoms with van der Waals surface area (Å²) in [5, 5.41) is 25.9. The highest BCUT2D eigenvalue weighted by Gasteiger charge is 2.03. The average molecular weight is 709 g/mol. The molecule has 0 saturated carbocycles. The Morgan fingerprint density at radius 2 is 1.27 bits per heavy atom. The minimum Gasteiger partial charge on any atom is -0.396 e. The van der Waals surface area contributed by atoms with Gasteiger partial charge in [-0.1, -0.05) is 23.5 Å². The lowest BCUT2D eigenvalue weighted by molar-refractivity contribution is 0.261. The zero-order chi connectivity index (χ0) is 27.4. The summed E-state index contributed by atoms with van der Waals surface area (Å²) in [6, 6.07) is 0. The van der Waals surface area contributed by atoms with Gasteiger partial charge in [-0.15, -0.1) is 70.6 Å². The van der Waals surface area contributed by atoms with Crippen molar-refractivity contribution in [2.45, 2.75) is 0 Å². The topological polar surface area (TPSA) is 158 Å². The Morgan fingerprint density at radius 3 is 1.86 bits per heavy atom. The monoisotopic (exact) mass is 708 g/mol. The molecular weight excluding hydrogens is 677 g/mol. The largest absolute Gasteiger partial charge is 0.396 e. The summed E-state index contributed by atoms with van der Waals surface area (Å²) in [5.41, 5.74) is 2.82. The number of thioether (sulfide) groups is 8. The number of amides is 2. The maximum absolute atomic E-state index is 11.9. The fraction of sp³-hybridized carbons (Fsp3) is 0.765. The van der Waals surface area contributed by atoms with Gasteiger partial charge in [0.15, 0.2) is 0 Å². The second kappa shape index (κ2) is 30.3. The molecule has 216 valence electrons. The van der Waals surface area contributed by atoms with E-state index in [-0.39, 0.29) is 29.4 Å². The summed E-state index contributed by atoms with van der Waals surface area (Å²) in [6.07, 6.45) is 0. The van der Waals surface area contributed by atoms with Crippen LogP contribution in [0.15, 0.2) is 9.98 Å². The first-order valence-electron chi connectivity index (χ1n) is 10.2. The standard InChI is InChI=1S/C17H32N4O6S10/c22-1-3-34-16(24)20-7-30-12-29-6-19-10-37(27)15-33-13-32-14-35-17(25)21-8-31-11-28-5-18-9-36(26)4-2-23/h9-10,22-23H,1-8,11-15H2,(H,20,24)(H,21,25)/b18-9+,19-10+. The van der Waals surface area contributed by atoms with Crippen LogP contribution in [0.1, 0.15) is 0 Å². The predicted octanol–water partition coefficient (Wildman–Crippen LogP) is 3.43. The number of aliphatic hydroxyl groups excluding tert-OH is 2. The Bertz CT molecular complexity index is 707. The summed E-state index contributed by atoms with van der Waals surface area (Å²) < 4.78 is 23.2. The number of hydrogen-bond donors (Lipinski definition) is 4. The van der Waals surface area contributed by atoms with Crippen LogP contribution in [0.25, 0.3) is 0 Å². The van der Waals surface area contributed by atoms with Gasteiger partial charge in [-0.2, -0.15) is 0 Å². The average Bonchev–Trinajstić information content (AvgIpc) is 2.88. The fourth-order valence-electron chi connectivity index (χ4n) is 1.55. The van der Waals surface area contributed by atoms with Crippen molar-refractivity contribution >= 4 is 137 Å². The van der Waals surface area contributed by atoms with Crippen LogP contribution in [0.3, 0.4) is 0 Å². The van der Waals surface area contributed by atoms with Gasteiger partial charge in [0.1, 0.15) is 0 Å². The van der Waals surface area contributed by atoms with Crippen molar-refractivity contribution in [2.24, 2.45) is 9.98 Å². The van der Waals surface area contributed by atoms with E-state index in [1.54, 1.807) is 58.8 Å². The van der Waals surface area contributed by atoms with Crippen LogP contribution in [0, 0.1) is 0 Å². The molecule has 0 heterocycles. The second-order valence-corrected chi connectivity index (χ2v) is 18.1. The zero-order valence-electron chi connectivity index (χ0n) is 19.9. The Kier molecular flexibility index (Phi) is 31.3. The Labute approximate surface area is 257 Å². The first-order chi connectivity index (χ1) is 18.0. The lowest BCUT2D eigenvalue weighted by Crippen LogP contribution is -2.18. The molecule has 0 aromatic heterocycles. The van der Waals surface area contributed by atoms with Crippen molar-refractivity contribution in [3.8, 4) is 0 Å². The van der Waals surface area contributed by atoms with Gasteiger partial charge in [0.05, 0.1) is 80.3 Å². The first-order valence-corrected chi connectivity index (χ1v) is 21.9. The number of nitrogens with one attached hydrogen (secondary N) is 2. The Balaban J connectivity index is 3.47. The third-order valence-electron chi connectivity index (χ3n) is 2.94. The number of aliphatic imine (C=N–C) groups is 2. The lowest BCUT2D eigenvalue weighted by Gasteiger charge is -2.04. The number of hydrogen-bond acceptors (Lipinski definition) is 16. The molecule has 0 saturated heterocycles. The fourth-order valence-corrected chi connectivity index (χ4v) is 10.2. The van der Waals surface area contributed by atoms with Crippen molar-refractivity contribution in [3.05, 3.63) is 0 Å². The molecule has 0 aromatic carbocycles. The molecule has 0 fully saturated rings. The third kappa shape index (κ3) is 30.1. The maximum Gasteiger partial charge on any atom is 0.280 e. The highest BCUT2D eigenvalue weighted by atomic mass is 32.3. The van der Waals surface area contributed by atoms with Gasteiger partial charge in [-0.25, -0.2) is 0 Å². The third-order valence-corrected chi connectivity index (χ3v) is 13.6. The molecule has 0 spiro atoms. The van der Waals surface area contributed by atoms with E-state index in [9.17, 15) is 18.0 Å². The van der Waals surface area contributed by atoms with Crippen LogP contribution < -0.4 is 10.6 Å². The maximum atomic E-state index is 11.9. The van der Waals surface area contributed by atoms with Crippen molar-refractivity contribution in [2.75, 3.05) is 73.7 Å². The Hall–Kier alpha value is 1.30. The molecular formula is C17H32N4O6S10. The van der Waals surface area contributed by atoms with Crippen LogP contribution in [0.2, 0.25) is 0 Å². The van der Waals surface area contributed by atoms with E-state index in [0.717, 1.165) is 27.0 Å². The van der Waals surface area contributed by atoms with Crippen molar-refractivity contribution in [3.63, 3.8) is 0 Å². The Morgan fingerprint density at radius 1 is 0.703 bits per heavy atom. The first kappa shape index (κ1) is 38.3. The van der Waals surface area contributed by atoms with E-state index in [0.29, 0.717) is 39.4 Å². The molecule has 0 rings (SSSR count). The molecule has 2 atom stereocenters. The molecule has 20 heteroatoms. The molecule has 10 nitrogen and oxygen atoms in total. The summed E-state index contributed by atoms with van der Waals surface area (Å²) in [5.74, 6) is 2.61. The zero-order valence-corrected chi connectivity index (χ0v) is 28.0. The molecule has 2 amide bonds. The van der Waals surface area contributed by atoms with E-state index in [1.807, 2.05) is 0 Å². The molecule has 2 unspecified atom stereocenters. The molecule has 0 aliphatic heterocycles. The molecule has 0 radical (unpaired) electrons. The molecule has 0 aliphatic rings. The highest BCUT2D eigenvalue weighted by Crippen LogP contribution is 2.19. The van der Waals surface area contributed by atoms with Crippen LogP contribution in [0.4, 0.5) is 9.59 Å². The highest BCUT2D eigenvalue weighted by molar-refractivity contribution is 8.28. The number of carbonyl (C=O) groups excluding carboxylic acids is 2. The molecule has 37 heavy (non-hydrogen) atoms. The summed E-state index contributed by atoms with van der Waals surface area (Å²) >= 11 is 11.6. The van der Waals surface area contributed by atoms with Gasteiger partial charge in [0.25, 0.3) is 10.5 Å². The molecule has 0 aliphatic carbocycles. The van der Waals surface area contributed by atoms with E-state index >= 15 is 0 Å². The van der Waals surface area contributed by atoms with Crippen molar-refractivity contribution < 1.29 is 28.2 Å². The summed E-state index contributed by atoms with van der Waals surface area (Å²) in [4.78, 5) is 31.3. The van der Waals surface area contributed by atoms with Crippen LogP contribution in [-0.2, 0) is 21.6 Å². The van der Waals surface area contributed by atoms with Crippen LogP contribution >= 0.6 is 94.1 Å². The minimum atomic E-state index is -1.21. The van der Waals surface area contributed by atoms with E-state index in [1.165, 1.54) is 34.6 Å². The van der Waals surface area contributed by atoms with Gasteiger partial charge in [0.2, 0.25) is 0 Å². The number of rotatable bonds is 24. The van der Waals surface area contributed by atoms with Gasteiger partial charge in [-0.05, 0) is 0 Å². The normalized spacial score (nSPS) is 13.2. The molecule has 0 aromatic rings. The van der Waals surface area contributed by atoms with Gasteiger partial charge in [-0.3, -0.25) is 28.0 Å². The SMILES string of the molecule is O=C(NCSCSC/N=C/S(=O)CSCSCSC(=O)NCSCSC/N=C/S(=O)CCO)SCCO. The lowest BCUT2D eigenvalue weighted by atomic mass is 10.9. The summed E-state index contributed by atoms with van der Waals surface area (Å²) in [7, 11) is -2.34. The smallest absolute Gasteiger partial charge is 0.280 e. The summed E-state index contributed by atoms with van der Waals surface area (Å²) in [6.45, 7) is -0.137. The van der Waals surface area contributed by atoms with Gasteiger partial charge in [0, 0.05) is 26.1 Å². The molecule has 4 N–H and O–H groups in total. The minimum absolute atomic E-state index is 0.0184. The van der Waals surface area contributed by atoms with Crippen LogP contribution in [0.5, 0.6) is 0 Å². The van der Waals surface area contributed by atoms with E-state index in [4.69, 9.17) is 10.2 Å². The van der Waals surface area contributed by atoms with Crippen LogP contribution in [-0.4, -0.2) is 114 Å². The quantitative estimate of drug-likeness (QED) is 0.0500. The van der Waals surface area contributed by atoms with Crippen molar-refractivity contribution in [1.29, 1.82) is 0 Å².